The van der Waals surface area contributed by atoms with Crippen molar-refractivity contribution < 1.29 is 74.6 Å². The van der Waals surface area contributed by atoms with Crippen LogP contribution < -0.4 is 0 Å². The summed E-state index contributed by atoms with van der Waals surface area (Å²) in [5.41, 5.74) is -2.64. The number of hydrogen-bond acceptors (Lipinski definition) is 15. The molecule has 0 bridgehead atoms. The SMILES string of the molecule is CC(COC(=O)c1cc(O)c(O)c(O)c1)(COC(=O)c1cc(O)c(O)c(O)c1)COC(=O)c1cc(O)c(O)c(O)c1. The summed E-state index contributed by atoms with van der Waals surface area (Å²) in [4.78, 5) is 37.6. The van der Waals surface area contributed by atoms with Gasteiger partial charge in [0.2, 0.25) is 0 Å². The molecule has 3 rings (SSSR count). The standard InChI is InChI=1S/C26H24O15/c1-26(8-39-23(36)11-2-14(27)20(33)15(28)3-11,9-40-24(37)12-4-16(29)21(34)17(30)5-12)10-41-25(38)13-6-18(31)22(35)19(32)7-13/h2-7,27-35H,8-10H2,1H3. The Labute approximate surface area is 229 Å². The van der Waals surface area contributed by atoms with Crippen molar-refractivity contribution in [2.45, 2.75) is 6.92 Å². The van der Waals surface area contributed by atoms with Crippen LogP contribution in [-0.2, 0) is 14.2 Å². The van der Waals surface area contributed by atoms with Gasteiger partial charge in [0.1, 0.15) is 19.8 Å². The molecule has 15 heteroatoms. The summed E-state index contributed by atoms with van der Waals surface area (Å²) in [6, 6.07) is 4.85. The van der Waals surface area contributed by atoms with E-state index in [1.165, 1.54) is 6.92 Å². The molecule has 0 aromatic heterocycles. The lowest BCUT2D eigenvalue weighted by molar-refractivity contribution is -0.0288. The second-order valence-corrected chi connectivity index (χ2v) is 9.13. The number of hydrogen-bond donors (Lipinski definition) is 9. The molecule has 9 N–H and O–H groups in total. The molecule has 0 spiro atoms. The van der Waals surface area contributed by atoms with Gasteiger partial charge in [-0.15, -0.1) is 0 Å². The van der Waals surface area contributed by atoms with Gasteiger partial charge in [-0.25, -0.2) is 14.4 Å². The Balaban J connectivity index is 1.79. The van der Waals surface area contributed by atoms with Crippen molar-refractivity contribution in [1.82, 2.24) is 0 Å². The molecule has 0 aliphatic rings. The Morgan fingerprint density at radius 1 is 0.488 bits per heavy atom. The van der Waals surface area contributed by atoms with E-state index >= 15 is 0 Å². The molecule has 3 aromatic rings. The first-order valence-electron chi connectivity index (χ1n) is 11.4. The van der Waals surface area contributed by atoms with Crippen LogP contribution in [0.3, 0.4) is 0 Å². The normalized spacial score (nSPS) is 11.0. The van der Waals surface area contributed by atoms with Crippen LogP contribution in [0.5, 0.6) is 51.7 Å². The fourth-order valence-corrected chi connectivity index (χ4v) is 3.26. The third-order valence-electron chi connectivity index (χ3n) is 5.57. The number of phenolic OH excluding ortho intramolecular Hbond substituents is 9. The lowest BCUT2D eigenvalue weighted by Crippen LogP contribution is -2.37. The van der Waals surface area contributed by atoms with E-state index < -0.39 is 94.9 Å². The summed E-state index contributed by atoms with van der Waals surface area (Å²) in [7, 11) is 0. The van der Waals surface area contributed by atoms with Gasteiger partial charge in [-0.05, 0) is 43.3 Å². The summed E-state index contributed by atoms with van der Waals surface area (Å²) in [6.07, 6.45) is 0. The maximum atomic E-state index is 12.5. The Hall–Kier alpha value is -5.73. The smallest absolute Gasteiger partial charge is 0.338 e. The van der Waals surface area contributed by atoms with E-state index in [9.17, 15) is 60.3 Å². The molecule has 0 fully saturated rings. The largest absolute Gasteiger partial charge is 0.504 e. The summed E-state index contributed by atoms with van der Waals surface area (Å²) in [6.45, 7) is -0.503. The third kappa shape index (κ3) is 6.83. The second kappa shape index (κ2) is 11.6. The predicted octanol–water partition coefficient (Wildman–Crippen LogP) is 1.91. The summed E-state index contributed by atoms with van der Waals surface area (Å²) in [5, 5.41) is 86.2. The zero-order valence-corrected chi connectivity index (χ0v) is 21.1. The third-order valence-corrected chi connectivity index (χ3v) is 5.57. The maximum absolute atomic E-state index is 12.5. The minimum atomic E-state index is -1.51. The van der Waals surface area contributed by atoms with Gasteiger partial charge >= 0.3 is 17.9 Å². The number of rotatable bonds is 9. The fraction of sp³-hybridized carbons (Fsp3) is 0.192. The van der Waals surface area contributed by atoms with Gasteiger partial charge in [-0.3, -0.25) is 0 Å². The van der Waals surface area contributed by atoms with Gasteiger partial charge < -0.3 is 60.2 Å². The number of carbonyl (C=O) groups is 3. The number of carbonyl (C=O) groups excluding carboxylic acids is 3. The molecule has 0 heterocycles. The van der Waals surface area contributed by atoms with E-state index in [0.717, 1.165) is 36.4 Å². The molecule has 0 aliphatic carbocycles. The van der Waals surface area contributed by atoms with Crippen LogP contribution in [0, 0.1) is 5.41 Å². The fourth-order valence-electron chi connectivity index (χ4n) is 3.26. The van der Waals surface area contributed by atoms with E-state index in [4.69, 9.17) is 14.2 Å². The van der Waals surface area contributed by atoms with E-state index in [1.54, 1.807) is 0 Å². The molecule has 41 heavy (non-hydrogen) atoms. The molecule has 0 saturated carbocycles. The molecule has 0 radical (unpaired) electrons. The second-order valence-electron chi connectivity index (χ2n) is 9.13. The first kappa shape index (κ1) is 29.8. The Morgan fingerprint density at radius 2 is 0.683 bits per heavy atom. The topological polar surface area (TPSA) is 261 Å². The van der Waals surface area contributed by atoms with Gasteiger partial charge in [-0.2, -0.15) is 0 Å². The van der Waals surface area contributed by atoms with Gasteiger partial charge in [0, 0.05) is 0 Å². The van der Waals surface area contributed by atoms with E-state index in [-0.39, 0.29) is 16.7 Å². The Bertz CT molecular complexity index is 1260. The highest BCUT2D eigenvalue weighted by Gasteiger charge is 2.32. The average molecular weight is 576 g/mol. The Kier molecular flexibility index (Phi) is 8.41. The van der Waals surface area contributed by atoms with Crippen molar-refractivity contribution in [2.24, 2.45) is 5.41 Å². The van der Waals surface area contributed by atoms with Crippen LogP contribution in [0.4, 0.5) is 0 Å². The number of phenols is 9. The zero-order chi connectivity index (χ0) is 30.6. The van der Waals surface area contributed by atoms with E-state index in [1.807, 2.05) is 0 Å². The highest BCUT2D eigenvalue weighted by atomic mass is 16.6. The monoisotopic (exact) mass is 576 g/mol. The van der Waals surface area contributed by atoms with Crippen LogP contribution in [-0.4, -0.2) is 83.7 Å². The minimum absolute atomic E-state index is 0.376. The predicted molar refractivity (Wildman–Crippen MR) is 133 cm³/mol. The summed E-state index contributed by atoms with van der Waals surface area (Å²) in [5.74, 6) is -10.8. The highest BCUT2D eigenvalue weighted by Crippen LogP contribution is 2.38. The number of esters is 3. The molecule has 218 valence electrons. The van der Waals surface area contributed by atoms with Crippen LogP contribution in [0.2, 0.25) is 0 Å². The molecule has 0 atom stereocenters. The van der Waals surface area contributed by atoms with Gasteiger partial charge in [0.05, 0.1) is 22.1 Å². The van der Waals surface area contributed by atoms with Crippen molar-refractivity contribution >= 4 is 17.9 Å². The molecule has 3 aromatic carbocycles. The van der Waals surface area contributed by atoms with Crippen molar-refractivity contribution in [3.63, 3.8) is 0 Å². The summed E-state index contributed by atoms with van der Waals surface area (Å²) >= 11 is 0. The van der Waals surface area contributed by atoms with Crippen LogP contribution in [0.15, 0.2) is 36.4 Å². The number of ether oxygens (including phenoxy) is 3. The molecule has 15 nitrogen and oxygen atoms in total. The highest BCUT2D eigenvalue weighted by molar-refractivity contribution is 5.92. The average Bonchev–Trinajstić information content (AvgIpc) is 2.92. The van der Waals surface area contributed by atoms with Gasteiger partial charge in [0.25, 0.3) is 0 Å². The quantitative estimate of drug-likeness (QED) is 0.100. The molecule has 0 aliphatic heterocycles. The Morgan fingerprint density at radius 3 is 0.878 bits per heavy atom. The first-order chi connectivity index (χ1) is 19.1. The molecular weight excluding hydrogens is 552 g/mol. The van der Waals surface area contributed by atoms with Gasteiger partial charge in [0.15, 0.2) is 51.7 Å². The van der Waals surface area contributed by atoms with Crippen molar-refractivity contribution in [1.29, 1.82) is 0 Å². The lowest BCUT2D eigenvalue weighted by atomic mass is 9.94. The first-order valence-corrected chi connectivity index (χ1v) is 11.4. The maximum Gasteiger partial charge on any atom is 0.338 e. The van der Waals surface area contributed by atoms with E-state index in [2.05, 4.69) is 0 Å². The van der Waals surface area contributed by atoms with Crippen molar-refractivity contribution in [2.75, 3.05) is 19.8 Å². The summed E-state index contributed by atoms with van der Waals surface area (Å²) < 4.78 is 15.5. The van der Waals surface area contributed by atoms with E-state index in [0.29, 0.717) is 0 Å². The van der Waals surface area contributed by atoms with Crippen LogP contribution >= 0.6 is 0 Å². The number of benzene rings is 3. The lowest BCUT2D eigenvalue weighted by Gasteiger charge is -2.28. The van der Waals surface area contributed by atoms with Gasteiger partial charge in [-0.1, -0.05) is 0 Å². The molecular formula is C26H24O15. The van der Waals surface area contributed by atoms with Crippen molar-refractivity contribution in [3.05, 3.63) is 53.1 Å². The molecule has 0 saturated heterocycles. The van der Waals surface area contributed by atoms with Crippen LogP contribution in [0.1, 0.15) is 38.0 Å². The van der Waals surface area contributed by atoms with Crippen LogP contribution in [0.25, 0.3) is 0 Å². The minimum Gasteiger partial charge on any atom is -0.504 e. The molecule has 0 amide bonds. The zero-order valence-electron chi connectivity index (χ0n) is 21.1. The van der Waals surface area contributed by atoms with Crippen molar-refractivity contribution in [3.8, 4) is 51.7 Å². The molecule has 0 unspecified atom stereocenters. The number of aromatic hydroxyl groups is 9.